The molecule has 0 radical (unpaired) electrons. The highest BCUT2D eigenvalue weighted by atomic mass is 32.2. The molecule has 0 atom stereocenters. The van der Waals surface area contributed by atoms with E-state index >= 15 is 0 Å². The van der Waals surface area contributed by atoms with Gasteiger partial charge >= 0.3 is 0 Å². The highest BCUT2D eigenvalue weighted by molar-refractivity contribution is 7.91. The SMILES string of the molecule is COCCOC1(c2nn[nH]n2)CCC(c2nc3c(-c4ccc(-c5ccccc5)nc4)cnn3c(N)c2S(C)(=O)=O)CC1. The van der Waals surface area contributed by atoms with E-state index < -0.39 is 15.4 Å². The van der Waals surface area contributed by atoms with Gasteiger partial charge in [0.15, 0.2) is 15.5 Å². The third kappa shape index (κ3) is 5.12. The predicted molar refractivity (Wildman–Crippen MR) is 154 cm³/mol. The lowest BCUT2D eigenvalue weighted by atomic mass is 9.76. The minimum atomic E-state index is -3.73. The van der Waals surface area contributed by atoms with Crippen molar-refractivity contribution >= 4 is 21.3 Å². The summed E-state index contributed by atoms with van der Waals surface area (Å²) in [6.07, 6.45) is 6.76. The number of tetrazole rings is 1. The van der Waals surface area contributed by atoms with Crippen LogP contribution in [0.1, 0.15) is 43.1 Å². The number of nitrogens with zero attached hydrogens (tertiary/aromatic N) is 7. The highest BCUT2D eigenvalue weighted by Crippen LogP contribution is 2.46. The Morgan fingerprint density at radius 1 is 1.07 bits per heavy atom. The molecular weight excluding hydrogens is 558 g/mol. The first-order valence-corrected chi connectivity index (χ1v) is 15.5. The van der Waals surface area contributed by atoms with Crippen molar-refractivity contribution < 1.29 is 17.9 Å². The van der Waals surface area contributed by atoms with Crippen molar-refractivity contribution in [2.75, 3.05) is 32.3 Å². The molecule has 1 aliphatic rings. The number of nitrogens with one attached hydrogen (secondary N) is 1. The lowest BCUT2D eigenvalue weighted by Gasteiger charge is -2.38. The fourth-order valence-corrected chi connectivity index (χ4v) is 6.74. The minimum Gasteiger partial charge on any atom is -0.382 e. The molecule has 0 unspecified atom stereocenters. The number of hydrogen-bond acceptors (Lipinski definition) is 11. The number of ether oxygens (including phenoxy) is 2. The van der Waals surface area contributed by atoms with Crippen LogP contribution in [0.2, 0.25) is 0 Å². The molecule has 3 N–H and O–H groups in total. The van der Waals surface area contributed by atoms with Crippen molar-refractivity contribution in [2.24, 2.45) is 0 Å². The van der Waals surface area contributed by atoms with Gasteiger partial charge in [-0.05, 0) is 31.7 Å². The summed E-state index contributed by atoms with van der Waals surface area (Å²) in [5.74, 6) is 0.297. The van der Waals surface area contributed by atoms with E-state index in [1.54, 1.807) is 19.5 Å². The topological polar surface area (TPSA) is 176 Å². The van der Waals surface area contributed by atoms with Crippen LogP contribution in [0.4, 0.5) is 5.82 Å². The van der Waals surface area contributed by atoms with Crippen LogP contribution < -0.4 is 5.73 Å². The van der Waals surface area contributed by atoms with Gasteiger partial charge in [0.25, 0.3) is 0 Å². The van der Waals surface area contributed by atoms with E-state index in [4.69, 9.17) is 20.2 Å². The van der Waals surface area contributed by atoms with Crippen LogP contribution in [0.25, 0.3) is 28.0 Å². The van der Waals surface area contributed by atoms with Gasteiger partial charge in [0.2, 0.25) is 5.82 Å². The van der Waals surface area contributed by atoms with Gasteiger partial charge in [0.1, 0.15) is 16.3 Å². The van der Waals surface area contributed by atoms with E-state index in [-0.39, 0.29) is 16.6 Å². The Kier molecular flexibility index (Phi) is 7.43. The van der Waals surface area contributed by atoms with Crippen molar-refractivity contribution in [3.63, 3.8) is 0 Å². The summed E-state index contributed by atoms with van der Waals surface area (Å²) in [6, 6.07) is 13.8. The number of aromatic amines is 1. The Hall–Kier alpha value is -4.27. The Morgan fingerprint density at radius 2 is 1.86 bits per heavy atom. The quantitative estimate of drug-likeness (QED) is 0.241. The van der Waals surface area contributed by atoms with Gasteiger partial charge in [0.05, 0.1) is 30.8 Å². The number of nitrogen functional groups attached to an aromatic ring is 1. The monoisotopic (exact) mass is 589 g/mol. The molecule has 42 heavy (non-hydrogen) atoms. The van der Waals surface area contributed by atoms with Gasteiger partial charge in [-0.25, -0.2) is 13.4 Å². The standard InChI is InChI=1S/C28H31N9O4S/c1-40-14-15-41-28(27-33-35-36-34-27)12-10-19(11-13-28)23-24(42(2,38)39)25(29)37-26(32-23)21(17-31-37)20-8-9-22(30-16-20)18-6-4-3-5-7-18/h3-9,16-17,19H,10-15,29H2,1-2H3,(H,33,34,35,36). The van der Waals surface area contributed by atoms with Crippen LogP contribution in [-0.4, -0.2) is 75.2 Å². The molecule has 13 nitrogen and oxygen atoms in total. The first-order chi connectivity index (χ1) is 20.3. The molecule has 0 amide bonds. The van der Waals surface area contributed by atoms with E-state index in [1.165, 1.54) is 4.52 Å². The average molecular weight is 590 g/mol. The Bertz CT molecular complexity index is 1780. The maximum absolute atomic E-state index is 13.1. The van der Waals surface area contributed by atoms with Crippen LogP contribution in [0, 0.1) is 0 Å². The number of fused-ring (bicyclic) bond motifs is 1. The van der Waals surface area contributed by atoms with E-state index in [0.29, 0.717) is 61.6 Å². The number of methoxy groups -OCH3 is 1. The summed E-state index contributed by atoms with van der Waals surface area (Å²) in [4.78, 5) is 9.57. The van der Waals surface area contributed by atoms with Gasteiger partial charge < -0.3 is 15.2 Å². The lowest BCUT2D eigenvalue weighted by molar-refractivity contribution is -0.0979. The Morgan fingerprint density at radius 3 is 2.50 bits per heavy atom. The van der Waals surface area contributed by atoms with Crippen LogP contribution in [0.15, 0.2) is 59.8 Å². The molecule has 0 aliphatic heterocycles. The first kappa shape index (κ1) is 27.9. The number of H-pyrrole nitrogens is 1. The molecule has 0 bridgehead atoms. The normalized spacial score (nSPS) is 19.3. The summed E-state index contributed by atoms with van der Waals surface area (Å²) >= 11 is 0. The third-order valence-corrected chi connectivity index (χ3v) is 8.94. The van der Waals surface area contributed by atoms with Gasteiger partial charge in [-0.1, -0.05) is 41.6 Å². The molecular formula is C28H31N9O4S. The molecule has 1 saturated carbocycles. The average Bonchev–Trinajstić information content (AvgIpc) is 3.69. The van der Waals surface area contributed by atoms with Crippen molar-refractivity contribution in [1.29, 1.82) is 0 Å². The van der Waals surface area contributed by atoms with E-state index in [9.17, 15) is 8.42 Å². The molecule has 218 valence electrons. The summed E-state index contributed by atoms with van der Waals surface area (Å²) in [7, 11) is -2.12. The van der Waals surface area contributed by atoms with Crippen LogP contribution >= 0.6 is 0 Å². The minimum absolute atomic E-state index is 0.000405. The maximum Gasteiger partial charge on any atom is 0.206 e. The van der Waals surface area contributed by atoms with E-state index in [1.807, 2.05) is 42.5 Å². The number of pyridine rings is 1. The first-order valence-electron chi connectivity index (χ1n) is 13.6. The van der Waals surface area contributed by atoms with Crippen molar-refractivity contribution in [2.45, 2.75) is 42.1 Å². The van der Waals surface area contributed by atoms with Crippen molar-refractivity contribution in [3.05, 3.63) is 66.4 Å². The predicted octanol–water partition coefficient (Wildman–Crippen LogP) is 3.17. The summed E-state index contributed by atoms with van der Waals surface area (Å²) < 4.78 is 38.9. The van der Waals surface area contributed by atoms with Gasteiger partial charge in [-0.3, -0.25) is 4.98 Å². The summed E-state index contributed by atoms with van der Waals surface area (Å²) in [6.45, 7) is 0.777. The van der Waals surface area contributed by atoms with E-state index in [2.05, 4.69) is 30.7 Å². The zero-order chi connectivity index (χ0) is 29.3. The smallest absolute Gasteiger partial charge is 0.206 e. The van der Waals surface area contributed by atoms with Crippen LogP contribution in [0.3, 0.4) is 0 Å². The van der Waals surface area contributed by atoms with Crippen LogP contribution in [-0.2, 0) is 24.9 Å². The molecule has 6 rings (SSSR count). The number of benzene rings is 1. The van der Waals surface area contributed by atoms with Gasteiger partial charge in [-0.2, -0.15) is 14.8 Å². The lowest BCUT2D eigenvalue weighted by Crippen LogP contribution is -2.37. The Labute approximate surface area is 242 Å². The fraction of sp³-hybridized carbons (Fsp3) is 0.357. The number of sulfone groups is 1. The van der Waals surface area contributed by atoms with E-state index in [0.717, 1.165) is 23.1 Å². The highest BCUT2D eigenvalue weighted by Gasteiger charge is 2.43. The molecule has 1 fully saturated rings. The van der Waals surface area contributed by atoms with Gasteiger partial charge in [0, 0.05) is 42.2 Å². The molecule has 14 heteroatoms. The fourth-order valence-electron chi connectivity index (χ4n) is 5.68. The molecule has 1 aromatic carbocycles. The number of aromatic nitrogens is 8. The summed E-state index contributed by atoms with van der Waals surface area (Å²) in [5, 5.41) is 19.0. The van der Waals surface area contributed by atoms with Gasteiger partial charge in [-0.15, -0.1) is 10.2 Å². The number of hydrogen-bond donors (Lipinski definition) is 2. The second-order valence-corrected chi connectivity index (χ2v) is 12.4. The maximum atomic E-state index is 13.1. The number of nitrogens with two attached hydrogens (primary N) is 1. The molecule has 0 saturated heterocycles. The third-order valence-electron chi connectivity index (χ3n) is 7.78. The molecule has 4 heterocycles. The zero-order valence-corrected chi connectivity index (χ0v) is 24.1. The molecule has 0 spiro atoms. The second-order valence-electron chi connectivity index (χ2n) is 10.4. The van der Waals surface area contributed by atoms with Crippen LogP contribution in [0.5, 0.6) is 0 Å². The number of rotatable bonds is 9. The largest absolute Gasteiger partial charge is 0.382 e. The second kappa shape index (κ2) is 11.2. The molecule has 5 aromatic rings. The van der Waals surface area contributed by atoms with Crippen molar-refractivity contribution in [1.82, 2.24) is 40.2 Å². The molecule has 1 aliphatic carbocycles. The van der Waals surface area contributed by atoms with Crippen molar-refractivity contribution in [3.8, 4) is 22.4 Å². The summed E-state index contributed by atoms with van der Waals surface area (Å²) in [5.41, 5.74) is 9.98. The number of anilines is 1. The Balaban J connectivity index is 1.37. The molecule has 4 aromatic heterocycles. The zero-order valence-electron chi connectivity index (χ0n) is 23.3.